The highest BCUT2D eigenvalue weighted by Crippen LogP contribution is 2.16. The lowest BCUT2D eigenvalue weighted by Gasteiger charge is -2.18. The van der Waals surface area contributed by atoms with Gasteiger partial charge in [-0.1, -0.05) is 64.0 Å². The van der Waals surface area contributed by atoms with Crippen molar-refractivity contribution in [1.29, 1.82) is 0 Å². The standard InChI is InChI=1S/C11H24Si/c1-5-8-9-10-11-12(4,6-2)7-3/h10-11H,5-9H2,1-4H3/b11-10+. The van der Waals surface area contributed by atoms with Crippen molar-refractivity contribution in [3.8, 4) is 0 Å². The molecule has 0 bridgehead atoms. The van der Waals surface area contributed by atoms with Gasteiger partial charge in [0.25, 0.3) is 0 Å². The number of hydrogen-bond donors (Lipinski definition) is 0. The lowest BCUT2D eigenvalue weighted by molar-refractivity contribution is 0.815. The van der Waals surface area contributed by atoms with Crippen LogP contribution in [0.5, 0.6) is 0 Å². The van der Waals surface area contributed by atoms with E-state index >= 15 is 0 Å². The third-order valence-electron chi connectivity index (χ3n) is 2.86. The largest absolute Gasteiger partial charge is 0.0984 e. The van der Waals surface area contributed by atoms with Crippen molar-refractivity contribution in [3.05, 3.63) is 11.8 Å². The predicted molar refractivity (Wildman–Crippen MR) is 61.2 cm³/mol. The monoisotopic (exact) mass is 184 g/mol. The van der Waals surface area contributed by atoms with Crippen LogP contribution >= 0.6 is 0 Å². The van der Waals surface area contributed by atoms with Crippen LogP contribution in [-0.2, 0) is 0 Å². The van der Waals surface area contributed by atoms with Crippen LogP contribution in [0.25, 0.3) is 0 Å². The summed E-state index contributed by atoms with van der Waals surface area (Å²) in [7, 11) is -0.928. The zero-order chi connectivity index (χ0) is 9.45. The van der Waals surface area contributed by atoms with Crippen molar-refractivity contribution < 1.29 is 0 Å². The Hall–Kier alpha value is -0.0431. The number of unbranched alkanes of at least 4 members (excludes halogenated alkanes) is 2. The third kappa shape index (κ3) is 4.76. The molecule has 72 valence electrons. The summed E-state index contributed by atoms with van der Waals surface area (Å²) < 4.78 is 0. The van der Waals surface area contributed by atoms with E-state index in [2.05, 4.69) is 39.1 Å². The van der Waals surface area contributed by atoms with Crippen molar-refractivity contribution in [2.45, 2.75) is 58.7 Å². The maximum Gasteiger partial charge on any atom is 0.0738 e. The minimum atomic E-state index is -0.928. The summed E-state index contributed by atoms with van der Waals surface area (Å²) >= 11 is 0. The fourth-order valence-corrected chi connectivity index (χ4v) is 2.88. The van der Waals surface area contributed by atoms with Crippen molar-refractivity contribution in [2.24, 2.45) is 0 Å². The van der Waals surface area contributed by atoms with Gasteiger partial charge in [0.2, 0.25) is 0 Å². The molecule has 0 spiro atoms. The summed E-state index contributed by atoms with van der Waals surface area (Å²) in [5, 5.41) is 0. The van der Waals surface area contributed by atoms with E-state index in [0.717, 1.165) is 0 Å². The Balaban J connectivity index is 3.76. The number of allylic oxidation sites excluding steroid dienone is 1. The van der Waals surface area contributed by atoms with E-state index < -0.39 is 8.07 Å². The average molecular weight is 184 g/mol. The molecule has 0 aliphatic carbocycles. The van der Waals surface area contributed by atoms with Crippen LogP contribution in [0, 0.1) is 0 Å². The highest BCUT2D eigenvalue weighted by molar-refractivity contribution is 6.83. The van der Waals surface area contributed by atoms with Gasteiger partial charge in [0, 0.05) is 0 Å². The van der Waals surface area contributed by atoms with E-state index in [0.29, 0.717) is 0 Å². The van der Waals surface area contributed by atoms with Crippen LogP contribution in [0.3, 0.4) is 0 Å². The lowest BCUT2D eigenvalue weighted by atomic mass is 10.2. The van der Waals surface area contributed by atoms with Crippen molar-refractivity contribution >= 4 is 8.07 Å². The maximum atomic E-state index is 2.54. The highest BCUT2D eigenvalue weighted by Gasteiger charge is 2.17. The fourth-order valence-electron chi connectivity index (χ4n) is 1.18. The van der Waals surface area contributed by atoms with Gasteiger partial charge >= 0.3 is 0 Å². The quantitative estimate of drug-likeness (QED) is 0.424. The van der Waals surface area contributed by atoms with Gasteiger partial charge in [-0.25, -0.2) is 0 Å². The zero-order valence-corrected chi connectivity index (χ0v) is 10.2. The molecule has 0 nitrogen and oxygen atoms in total. The van der Waals surface area contributed by atoms with Crippen LogP contribution in [0.2, 0.25) is 18.6 Å². The van der Waals surface area contributed by atoms with E-state index in [1.165, 1.54) is 31.4 Å². The summed E-state index contributed by atoms with van der Waals surface area (Å²) in [6, 6.07) is 2.79. The summed E-state index contributed by atoms with van der Waals surface area (Å²) in [6.45, 7) is 9.40. The van der Waals surface area contributed by atoms with Gasteiger partial charge < -0.3 is 0 Å². The SMILES string of the molecule is CCCC/C=C/[Si](C)(CC)CC. The van der Waals surface area contributed by atoms with Crippen LogP contribution in [0.4, 0.5) is 0 Å². The molecule has 0 aromatic carbocycles. The Bertz CT molecular complexity index is 123. The molecule has 0 N–H and O–H groups in total. The van der Waals surface area contributed by atoms with Gasteiger partial charge in [0.15, 0.2) is 0 Å². The molecule has 0 aliphatic rings. The van der Waals surface area contributed by atoms with E-state index in [1.54, 1.807) is 0 Å². The Labute approximate surface area is 79.1 Å². The Kier molecular flexibility index (Phi) is 6.45. The molecule has 0 aromatic heterocycles. The summed E-state index contributed by atoms with van der Waals surface area (Å²) in [5.74, 6) is 0. The summed E-state index contributed by atoms with van der Waals surface area (Å²) in [4.78, 5) is 0. The molecule has 0 saturated heterocycles. The molecule has 0 atom stereocenters. The van der Waals surface area contributed by atoms with E-state index in [-0.39, 0.29) is 0 Å². The molecule has 0 unspecified atom stereocenters. The number of rotatable bonds is 6. The van der Waals surface area contributed by atoms with Crippen molar-refractivity contribution in [2.75, 3.05) is 0 Å². The van der Waals surface area contributed by atoms with E-state index in [4.69, 9.17) is 0 Å². The third-order valence-corrected chi connectivity index (χ3v) is 7.13. The molecular formula is C11H24Si. The summed E-state index contributed by atoms with van der Waals surface area (Å²) in [5.41, 5.74) is 2.54. The lowest BCUT2D eigenvalue weighted by Crippen LogP contribution is -2.24. The first-order valence-corrected chi connectivity index (χ1v) is 8.35. The molecule has 0 rings (SSSR count). The molecule has 0 amide bonds. The van der Waals surface area contributed by atoms with Gasteiger partial charge in [-0.05, 0) is 6.42 Å². The van der Waals surface area contributed by atoms with Gasteiger partial charge in [-0.2, -0.15) is 0 Å². The second kappa shape index (κ2) is 6.47. The zero-order valence-electron chi connectivity index (χ0n) is 9.19. The van der Waals surface area contributed by atoms with Crippen LogP contribution in [-0.4, -0.2) is 8.07 Å². The van der Waals surface area contributed by atoms with E-state index in [1.807, 2.05) is 0 Å². The predicted octanol–water partition coefficient (Wildman–Crippen LogP) is 4.39. The van der Waals surface area contributed by atoms with Gasteiger partial charge in [-0.3, -0.25) is 0 Å². The number of hydrogen-bond acceptors (Lipinski definition) is 0. The molecule has 0 saturated carbocycles. The second-order valence-corrected chi connectivity index (χ2v) is 8.96. The van der Waals surface area contributed by atoms with Gasteiger partial charge in [-0.15, -0.1) is 0 Å². The average Bonchev–Trinajstić information content (AvgIpc) is 2.12. The molecule has 0 radical (unpaired) electrons. The first kappa shape index (κ1) is 12.0. The van der Waals surface area contributed by atoms with Crippen LogP contribution < -0.4 is 0 Å². The molecule has 1 heteroatoms. The Morgan fingerprint density at radius 1 is 1.08 bits per heavy atom. The van der Waals surface area contributed by atoms with Crippen LogP contribution in [0.15, 0.2) is 11.8 Å². The molecule has 0 heterocycles. The molecule has 0 aliphatic heterocycles. The smallest absolute Gasteiger partial charge is 0.0738 e. The molecule has 0 fully saturated rings. The minimum absolute atomic E-state index is 0.928. The van der Waals surface area contributed by atoms with Crippen molar-refractivity contribution in [3.63, 3.8) is 0 Å². The normalized spacial score (nSPS) is 12.7. The molecule has 0 aromatic rings. The maximum absolute atomic E-state index is 2.54. The second-order valence-electron chi connectivity index (χ2n) is 3.91. The Morgan fingerprint density at radius 3 is 2.08 bits per heavy atom. The fraction of sp³-hybridized carbons (Fsp3) is 0.818. The van der Waals surface area contributed by atoms with Crippen molar-refractivity contribution in [1.82, 2.24) is 0 Å². The highest BCUT2D eigenvalue weighted by atomic mass is 28.3. The molecular weight excluding hydrogens is 160 g/mol. The topological polar surface area (TPSA) is 0 Å². The minimum Gasteiger partial charge on any atom is -0.0984 e. The summed E-state index contributed by atoms with van der Waals surface area (Å²) in [6.07, 6.45) is 6.39. The van der Waals surface area contributed by atoms with E-state index in [9.17, 15) is 0 Å². The van der Waals surface area contributed by atoms with Crippen LogP contribution in [0.1, 0.15) is 40.0 Å². The Morgan fingerprint density at radius 2 is 1.67 bits per heavy atom. The molecule has 12 heavy (non-hydrogen) atoms. The first-order chi connectivity index (χ1) is 5.68. The first-order valence-electron chi connectivity index (χ1n) is 5.36. The van der Waals surface area contributed by atoms with Gasteiger partial charge in [0.1, 0.15) is 0 Å². The van der Waals surface area contributed by atoms with Gasteiger partial charge in [0.05, 0.1) is 8.07 Å².